The summed E-state index contributed by atoms with van der Waals surface area (Å²) in [5.74, 6) is 1.86. The zero-order chi connectivity index (χ0) is 29.3. The zero-order valence-corrected chi connectivity index (χ0v) is 24.2. The molecule has 3 aromatic heterocycles. The molecule has 2 aromatic carbocycles. The van der Waals surface area contributed by atoms with E-state index in [2.05, 4.69) is 43.2 Å². The van der Waals surface area contributed by atoms with E-state index in [0.717, 1.165) is 22.2 Å². The van der Waals surface area contributed by atoms with Gasteiger partial charge in [-0.25, -0.2) is 9.97 Å². The fraction of sp³-hybridized carbons (Fsp3) is 0.200. The summed E-state index contributed by atoms with van der Waals surface area (Å²) in [6.45, 7) is 0.626. The van der Waals surface area contributed by atoms with E-state index in [1.54, 1.807) is 24.4 Å². The number of H-pyrrole nitrogens is 1. The largest absolute Gasteiger partial charge is 0.491 e. The number of fused-ring (bicyclic) bond motifs is 1. The van der Waals surface area contributed by atoms with Crippen LogP contribution < -0.4 is 20.1 Å². The third-order valence-electron chi connectivity index (χ3n) is 6.23. The second-order valence-corrected chi connectivity index (χ2v) is 10.0. The molecule has 0 aliphatic carbocycles. The predicted molar refractivity (Wildman–Crippen MR) is 167 cm³/mol. The number of aromatic nitrogens is 4. The highest BCUT2D eigenvalue weighted by Gasteiger charge is 2.17. The van der Waals surface area contributed by atoms with Gasteiger partial charge < -0.3 is 30.2 Å². The molecule has 0 spiro atoms. The molecular weight excluding hydrogens is 576 g/mol. The minimum atomic E-state index is -0.178. The lowest BCUT2D eigenvalue weighted by molar-refractivity contribution is -0.115. The van der Waals surface area contributed by atoms with Crippen LogP contribution in [0.5, 0.6) is 11.5 Å². The van der Waals surface area contributed by atoms with E-state index < -0.39 is 0 Å². The number of benzene rings is 2. The first kappa shape index (κ1) is 29.2. The monoisotopic (exact) mass is 604 g/mol. The Morgan fingerprint density at radius 2 is 1.93 bits per heavy atom. The molecule has 3 heterocycles. The van der Waals surface area contributed by atoms with Crippen molar-refractivity contribution in [3.8, 4) is 22.6 Å². The first-order valence-corrected chi connectivity index (χ1v) is 14.3. The molecule has 0 saturated carbocycles. The van der Waals surface area contributed by atoms with E-state index in [0.29, 0.717) is 64.7 Å². The molecule has 0 saturated heterocycles. The summed E-state index contributed by atoms with van der Waals surface area (Å²) in [7, 11) is 0. The number of carbonyl (C=O) groups is 1. The lowest BCUT2D eigenvalue weighted by Gasteiger charge is -2.14. The summed E-state index contributed by atoms with van der Waals surface area (Å²) < 4.78 is 11.7. The predicted octanol–water partition coefficient (Wildman–Crippen LogP) is 6.02. The van der Waals surface area contributed by atoms with Gasteiger partial charge in [-0.05, 0) is 53.8 Å². The van der Waals surface area contributed by atoms with Crippen molar-refractivity contribution in [2.24, 2.45) is 0 Å². The Hall–Kier alpha value is -4.32. The third-order valence-corrected chi connectivity index (χ3v) is 6.75. The molecule has 42 heavy (non-hydrogen) atoms. The number of thiol groups is 1. The third kappa shape index (κ3) is 7.11. The van der Waals surface area contributed by atoms with Crippen molar-refractivity contribution < 1.29 is 19.4 Å². The van der Waals surface area contributed by atoms with E-state index in [9.17, 15) is 4.79 Å². The Labute approximate surface area is 252 Å². The highest BCUT2D eigenvalue weighted by molar-refractivity contribution is 7.80. The van der Waals surface area contributed by atoms with E-state index in [1.807, 2.05) is 42.6 Å². The maximum atomic E-state index is 12.4. The number of aliphatic hydroxyl groups excluding tert-OH is 1. The number of anilines is 3. The molecule has 216 valence electrons. The highest BCUT2D eigenvalue weighted by Crippen LogP contribution is 2.38. The van der Waals surface area contributed by atoms with Gasteiger partial charge in [0.05, 0.1) is 28.4 Å². The summed E-state index contributed by atoms with van der Waals surface area (Å²) in [6, 6.07) is 16.6. The summed E-state index contributed by atoms with van der Waals surface area (Å²) in [5.41, 5.74) is 4.30. The number of nitrogens with zero attached hydrogens (tertiary/aromatic N) is 3. The van der Waals surface area contributed by atoms with Gasteiger partial charge in [0.25, 0.3) is 0 Å². The molecule has 0 unspecified atom stereocenters. The molecule has 0 radical (unpaired) electrons. The number of hydrogen-bond acceptors (Lipinski definition) is 9. The Morgan fingerprint density at radius 3 is 2.71 bits per heavy atom. The van der Waals surface area contributed by atoms with E-state index in [4.69, 9.17) is 26.2 Å². The van der Waals surface area contributed by atoms with E-state index in [1.165, 1.54) is 6.33 Å². The van der Waals surface area contributed by atoms with E-state index >= 15 is 0 Å². The lowest BCUT2D eigenvalue weighted by Crippen LogP contribution is -2.13. The number of aliphatic hydroxyl groups is 1. The van der Waals surface area contributed by atoms with Gasteiger partial charge in [0, 0.05) is 43.1 Å². The standard InChI is InChI=1S/C30H29ClN6O4S/c31-23-15-20(6-8-25(23)41-17-21-4-1-2-10-32-21)36-30-28-22(16-33-29(28)34-18-35-30)19-5-7-26(40-12-3-11-38)24(14-19)37-27(39)9-13-42/h1-2,4-8,10,14-16,18,38,42H,3,9,11-13,17H2,(H,37,39)(H2,33,34,35,36). The molecule has 5 rings (SSSR count). The first-order valence-electron chi connectivity index (χ1n) is 13.3. The second kappa shape index (κ2) is 14.0. The van der Waals surface area contributed by atoms with Crippen LogP contribution in [0.15, 0.2) is 73.3 Å². The Kier molecular flexibility index (Phi) is 9.75. The minimum Gasteiger partial charge on any atom is -0.491 e. The number of amides is 1. The molecule has 12 heteroatoms. The molecule has 4 N–H and O–H groups in total. The Morgan fingerprint density at radius 1 is 1.05 bits per heavy atom. The molecule has 0 bridgehead atoms. The molecule has 0 fully saturated rings. The summed E-state index contributed by atoms with van der Waals surface area (Å²) in [5, 5.41) is 16.6. The van der Waals surface area contributed by atoms with Gasteiger partial charge in [-0.2, -0.15) is 12.6 Å². The minimum absolute atomic E-state index is 0.0106. The van der Waals surface area contributed by atoms with Crippen molar-refractivity contribution in [3.05, 3.63) is 84.0 Å². The number of ether oxygens (including phenoxy) is 2. The first-order chi connectivity index (χ1) is 20.6. The zero-order valence-electron chi connectivity index (χ0n) is 22.5. The molecule has 1 amide bonds. The van der Waals surface area contributed by atoms with Crippen molar-refractivity contribution >= 4 is 58.4 Å². The molecule has 0 aliphatic rings. The normalized spacial score (nSPS) is 10.9. The topological polar surface area (TPSA) is 134 Å². The lowest BCUT2D eigenvalue weighted by atomic mass is 10.0. The molecule has 10 nitrogen and oxygen atoms in total. The average molecular weight is 605 g/mol. The number of halogens is 1. The van der Waals surface area contributed by atoms with Crippen LogP contribution in [0.1, 0.15) is 18.5 Å². The summed E-state index contributed by atoms with van der Waals surface area (Å²) >= 11 is 10.7. The van der Waals surface area contributed by atoms with Crippen LogP contribution in [0, 0.1) is 0 Å². The van der Waals surface area contributed by atoms with Gasteiger partial charge in [-0.15, -0.1) is 0 Å². The van der Waals surface area contributed by atoms with Crippen molar-refractivity contribution in [2.75, 3.05) is 29.6 Å². The van der Waals surface area contributed by atoms with E-state index in [-0.39, 0.29) is 18.9 Å². The van der Waals surface area contributed by atoms with Crippen molar-refractivity contribution in [2.45, 2.75) is 19.4 Å². The molecule has 5 aromatic rings. The number of hydrogen-bond donors (Lipinski definition) is 5. The van der Waals surface area contributed by atoms with Crippen LogP contribution >= 0.6 is 24.2 Å². The van der Waals surface area contributed by atoms with Crippen molar-refractivity contribution in [1.29, 1.82) is 0 Å². The number of carbonyl (C=O) groups excluding carboxylic acids is 1. The van der Waals surface area contributed by atoms with Crippen molar-refractivity contribution in [3.63, 3.8) is 0 Å². The summed E-state index contributed by atoms with van der Waals surface area (Å²) in [4.78, 5) is 28.8. The van der Waals surface area contributed by atoms with Gasteiger partial charge in [-0.1, -0.05) is 23.7 Å². The Balaban J connectivity index is 1.42. The highest BCUT2D eigenvalue weighted by atomic mass is 35.5. The second-order valence-electron chi connectivity index (χ2n) is 9.19. The average Bonchev–Trinajstić information content (AvgIpc) is 3.44. The van der Waals surface area contributed by atoms with Crippen LogP contribution in [-0.2, 0) is 11.4 Å². The van der Waals surface area contributed by atoms with Crippen LogP contribution in [-0.4, -0.2) is 49.9 Å². The maximum absolute atomic E-state index is 12.4. The van der Waals surface area contributed by atoms with Crippen LogP contribution in [0.2, 0.25) is 5.02 Å². The number of nitrogens with one attached hydrogen (secondary N) is 3. The molecule has 0 aliphatic heterocycles. The van der Waals surface area contributed by atoms with Gasteiger partial charge in [0.2, 0.25) is 5.91 Å². The van der Waals surface area contributed by atoms with Crippen LogP contribution in [0.3, 0.4) is 0 Å². The van der Waals surface area contributed by atoms with Crippen molar-refractivity contribution in [1.82, 2.24) is 19.9 Å². The van der Waals surface area contributed by atoms with Gasteiger partial charge in [0.1, 0.15) is 35.9 Å². The number of pyridine rings is 1. The smallest absolute Gasteiger partial charge is 0.225 e. The number of aromatic amines is 1. The fourth-order valence-electron chi connectivity index (χ4n) is 4.23. The van der Waals surface area contributed by atoms with Gasteiger partial charge >= 0.3 is 0 Å². The maximum Gasteiger partial charge on any atom is 0.225 e. The quantitative estimate of drug-likeness (QED) is 0.0814. The SMILES string of the molecule is O=C(CCS)Nc1cc(-c2c[nH]c3ncnc(Nc4ccc(OCc5ccccn5)c(Cl)c4)c23)ccc1OCCCO. The molecule has 0 atom stereocenters. The van der Waals surface area contributed by atoms with Gasteiger partial charge in [0.15, 0.2) is 0 Å². The van der Waals surface area contributed by atoms with Crippen LogP contribution in [0.4, 0.5) is 17.2 Å². The number of rotatable bonds is 13. The van der Waals surface area contributed by atoms with Gasteiger partial charge in [-0.3, -0.25) is 9.78 Å². The fourth-order valence-corrected chi connectivity index (χ4v) is 4.67. The summed E-state index contributed by atoms with van der Waals surface area (Å²) in [6.07, 6.45) is 5.76. The Bertz CT molecular complexity index is 1670. The molecular formula is C30H29ClN6O4S. The van der Waals surface area contributed by atoms with Crippen LogP contribution in [0.25, 0.3) is 22.2 Å².